The maximum atomic E-state index is 14.3. The summed E-state index contributed by atoms with van der Waals surface area (Å²) in [6.45, 7) is 3.92. The van der Waals surface area contributed by atoms with Crippen molar-refractivity contribution >= 4 is 65.6 Å². The lowest BCUT2D eigenvalue weighted by Crippen LogP contribution is -2.56. The number of fused-ring (bicyclic) bond motifs is 2. The Morgan fingerprint density at radius 3 is 2.49 bits per heavy atom. The predicted octanol–water partition coefficient (Wildman–Crippen LogP) is 3.02. The van der Waals surface area contributed by atoms with E-state index in [-0.39, 0.29) is 13.1 Å². The molecule has 4 rings (SSSR count). The van der Waals surface area contributed by atoms with Crippen LogP contribution >= 0.6 is 15.9 Å². The Kier molecular flexibility index (Phi) is 9.35. The van der Waals surface area contributed by atoms with Crippen molar-refractivity contribution < 1.29 is 27.5 Å². The maximum Gasteiger partial charge on any atom is 0.251 e. The number of carbonyl (C=O) groups excluding carboxylic acids is 3. The van der Waals surface area contributed by atoms with E-state index < -0.39 is 45.4 Å². The number of methoxy groups -OCH3 is 1. The van der Waals surface area contributed by atoms with Crippen molar-refractivity contribution in [3.05, 3.63) is 64.6 Å². The second-order valence-corrected chi connectivity index (χ2v) is 13.0. The minimum Gasteiger partial charge on any atom is -0.496 e. The average molecular weight is 646 g/mol. The third-order valence-corrected chi connectivity index (χ3v) is 8.15. The molecule has 0 saturated carbocycles. The summed E-state index contributed by atoms with van der Waals surface area (Å²) in [5.41, 5.74) is 1.52. The molecule has 0 spiro atoms. The maximum absolute atomic E-state index is 14.3. The Bertz CT molecular complexity index is 1600. The number of hydrogen-bond donors (Lipinski definition) is 2. The molecule has 0 aliphatic carbocycles. The molecular formula is C29H33BrN4O6S. The van der Waals surface area contributed by atoms with Crippen LogP contribution in [0.1, 0.15) is 19.4 Å². The summed E-state index contributed by atoms with van der Waals surface area (Å²) in [6.07, 6.45) is 0.981. The molecule has 218 valence electrons. The van der Waals surface area contributed by atoms with Gasteiger partial charge in [0.1, 0.15) is 17.5 Å². The monoisotopic (exact) mass is 644 g/mol. The topological polar surface area (TPSA) is 125 Å². The fourth-order valence-corrected chi connectivity index (χ4v) is 5.93. The third kappa shape index (κ3) is 6.88. The molecule has 12 heteroatoms. The number of ether oxygens (including phenoxy) is 1. The van der Waals surface area contributed by atoms with Gasteiger partial charge >= 0.3 is 0 Å². The lowest BCUT2D eigenvalue weighted by Gasteiger charge is -2.27. The molecule has 1 heterocycles. The minimum absolute atomic E-state index is 0.0707. The number of para-hydroxylation sites is 2. The molecule has 1 aliphatic heterocycles. The largest absolute Gasteiger partial charge is 0.496 e. The molecule has 0 aromatic heterocycles. The van der Waals surface area contributed by atoms with E-state index in [4.69, 9.17) is 4.74 Å². The van der Waals surface area contributed by atoms with Crippen LogP contribution in [0.15, 0.2) is 59.1 Å². The van der Waals surface area contributed by atoms with E-state index >= 15 is 0 Å². The molecule has 0 unspecified atom stereocenters. The fraction of sp³-hybridized carbons (Fsp3) is 0.345. The number of nitrogens with zero attached hydrogens (tertiary/aromatic N) is 2. The molecule has 41 heavy (non-hydrogen) atoms. The van der Waals surface area contributed by atoms with Crippen LogP contribution in [-0.2, 0) is 30.8 Å². The lowest BCUT2D eigenvalue weighted by molar-refractivity contribution is -0.128. The van der Waals surface area contributed by atoms with Gasteiger partial charge in [-0.05, 0) is 54.6 Å². The lowest BCUT2D eigenvalue weighted by atomic mass is 10.0. The van der Waals surface area contributed by atoms with E-state index in [2.05, 4.69) is 26.6 Å². The quantitative estimate of drug-likeness (QED) is 0.367. The average Bonchev–Trinajstić information content (AvgIpc) is 3.03. The van der Waals surface area contributed by atoms with Gasteiger partial charge in [0.05, 0.1) is 37.6 Å². The molecule has 1 aliphatic rings. The molecular weight excluding hydrogens is 612 g/mol. The van der Waals surface area contributed by atoms with Gasteiger partial charge in [-0.1, -0.05) is 47.1 Å². The highest BCUT2D eigenvalue weighted by molar-refractivity contribution is 9.10. The summed E-state index contributed by atoms with van der Waals surface area (Å²) in [5, 5.41) is 7.61. The van der Waals surface area contributed by atoms with Crippen molar-refractivity contribution in [2.24, 2.45) is 0 Å². The first-order valence-electron chi connectivity index (χ1n) is 13.1. The highest BCUT2D eigenvalue weighted by Gasteiger charge is 2.38. The van der Waals surface area contributed by atoms with Gasteiger partial charge in [-0.25, -0.2) is 8.42 Å². The van der Waals surface area contributed by atoms with Crippen LogP contribution in [0.2, 0.25) is 0 Å². The van der Waals surface area contributed by atoms with Crippen LogP contribution < -0.4 is 25.2 Å². The van der Waals surface area contributed by atoms with Gasteiger partial charge in [-0.2, -0.15) is 0 Å². The zero-order valence-electron chi connectivity index (χ0n) is 23.3. The van der Waals surface area contributed by atoms with E-state index in [1.807, 2.05) is 37.3 Å². The zero-order valence-corrected chi connectivity index (χ0v) is 25.7. The number of amides is 3. The fourth-order valence-electron chi connectivity index (χ4n) is 4.95. The molecule has 0 radical (unpaired) electrons. The first-order valence-corrected chi connectivity index (χ1v) is 16.0. The Balaban J connectivity index is 1.86. The van der Waals surface area contributed by atoms with Gasteiger partial charge in [-0.3, -0.25) is 14.4 Å². The summed E-state index contributed by atoms with van der Waals surface area (Å²) >= 11 is 3.51. The highest BCUT2D eigenvalue weighted by Crippen LogP contribution is 2.37. The van der Waals surface area contributed by atoms with Gasteiger partial charge in [0, 0.05) is 16.3 Å². The van der Waals surface area contributed by atoms with Crippen LogP contribution in [0, 0.1) is 0 Å². The summed E-state index contributed by atoms with van der Waals surface area (Å²) < 4.78 is 30.7. The van der Waals surface area contributed by atoms with Crippen molar-refractivity contribution in [1.29, 1.82) is 0 Å². The first kappa shape index (κ1) is 30.5. The van der Waals surface area contributed by atoms with E-state index in [0.717, 1.165) is 27.1 Å². The molecule has 3 aromatic carbocycles. The summed E-state index contributed by atoms with van der Waals surface area (Å²) in [5.74, 6) is -1.72. The molecule has 0 bridgehead atoms. The van der Waals surface area contributed by atoms with Gasteiger partial charge < -0.3 is 25.2 Å². The number of benzene rings is 3. The van der Waals surface area contributed by atoms with Gasteiger partial charge in [-0.15, -0.1) is 0 Å². The van der Waals surface area contributed by atoms with Crippen molar-refractivity contribution in [3.63, 3.8) is 0 Å². The Hall–Kier alpha value is -3.48. The number of rotatable bonds is 9. The standard InChI is InChI=1S/C29H33BrN4O6S/c1-5-31-18(2)28(36)32-23-16-33(27(35)17-41(4,38)39)24-8-6-7-9-25(24)34(29(23)37)15-22-21-12-11-20(30)14-19(21)10-13-26(22)40-3/h6-14,18,23,31H,5,15-17H2,1-4H3,(H,32,36)/t18-,23-/m0/s1. The van der Waals surface area contributed by atoms with Gasteiger partial charge in [0.15, 0.2) is 9.84 Å². The zero-order chi connectivity index (χ0) is 29.9. The molecule has 0 saturated heterocycles. The minimum atomic E-state index is -3.67. The molecule has 3 aromatic rings. The van der Waals surface area contributed by atoms with E-state index in [0.29, 0.717) is 23.7 Å². The van der Waals surface area contributed by atoms with E-state index in [1.54, 1.807) is 38.3 Å². The van der Waals surface area contributed by atoms with Crippen LogP contribution in [0.4, 0.5) is 11.4 Å². The van der Waals surface area contributed by atoms with E-state index in [1.165, 1.54) is 9.80 Å². The number of carbonyl (C=O) groups is 3. The smallest absolute Gasteiger partial charge is 0.251 e. The predicted molar refractivity (Wildman–Crippen MR) is 163 cm³/mol. The number of hydrogen-bond acceptors (Lipinski definition) is 7. The Morgan fingerprint density at radius 1 is 1.12 bits per heavy atom. The highest BCUT2D eigenvalue weighted by atomic mass is 79.9. The van der Waals surface area contributed by atoms with E-state index in [9.17, 15) is 22.8 Å². The Labute approximate surface area is 248 Å². The number of anilines is 2. The van der Waals surface area contributed by atoms with Crippen LogP contribution in [-0.4, -0.2) is 70.4 Å². The third-order valence-electron chi connectivity index (χ3n) is 6.89. The number of likely N-dealkylation sites (N-methyl/N-ethyl adjacent to an activating group) is 1. The molecule has 0 fully saturated rings. The van der Waals surface area contributed by atoms with Crippen LogP contribution in [0.3, 0.4) is 0 Å². The number of sulfone groups is 1. The normalized spacial score (nSPS) is 16.2. The van der Waals surface area contributed by atoms with Gasteiger partial charge in [0.25, 0.3) is 5.91 Å². The molecule has 2 atom stereocenters. The number of nitrogens with one attached hydrogen (secondary N) is 2. The molecule has 2 N–H and O–H groups in total. The van der Waals surface area contributed by atoms with Gasteiger partial charge in [0.2, 0.25) is 11.8 Å². The second-order valence-electron chi connectivity index (χ2n) is 9.94. The van der Waals surface area contributed by atoms with Crippen LogP contribution in [0.5, 0.6) is 5.75 Å². The summed E-state index contributed by atoms with van der Waals surface area (Å²) in [4.78, 5) is 43.4. The number of halogens is 1. The summed E-state index contributed by atoms with van der Waals surface area (Å²) in [7, 11) is -2.11. The SMILES string of the molecule is CCN[C@@H](C)C(=O)N[C@H]1CN(C(=O)CS(C)(=O)=O)c2ccccc2N(Cc2c(OC)ccc3cc(Br)ccc23)C1=O. The molecule has 10 nitrogen and oxygen atoms in total. The van der Waals surface area contributed by atoms with Crippen LogP contribution in [0.25, 0.3) is 10.8 Å². The summed E-state index contributed by atoms with van der Waals surface area (Å²) in [6, 6.07) is 14.6. The van der Waals surface area contributed by atoms with Crippen molar-refractivity contribution in [2.45, 2.75) is 32.5 Å². The van der Waals surface area contributed by atoms with Crippen molar-refractivity contribution in [2.75, 3.05) is 42.0 Å². The van der Waals surface area contributed by atoms with Crippen molar-refractivity contribution in [3.8, 4) is 5.75 Å². The molecule has 3 amide bonds. The van der Waals surface area contributed by atoms with Crippen molar-refractivity contribution in [1.82, 2.24) is 10.6 Å². The first-order chi connectivity index (χ1) is 19.4. The second kappa shape index (κ2) is 12.6. The Morgan fingerprint density at radius 2 is 1.83 bits per heavy atom.